The number of nitrogens with zero attached hydrogens (tertiary/aromatic N) is 1. The second kappa shape index (κ2) is 4.77. The van der Waals surface area contributed by atoms with E-state index in [4.69, 9.17) is 5.73 Å². The molecule has 0 unspecified atom stereocenters. The maximum Gasteiger partial charge on any atom is 0.176 e. The van der Waals surface area contributed by atoms with Crippen molar-refractivity contribution in [1.82, 2.24) is 4.90 Å². The number of carbonyl (C=O) groups excluding carboxylic acids is 1. The first kappa shape index (κ1) is 10.7. The Balaban J connectivity index is 2.70. The Morgan fingerprint density at radius 1 is 1.50 bits per heavy atom. The van der Waals surface area contributed by atoms with Gasteiger partial charge in [0.25, 0.3) is 0 Å². The summed E-state index contributed by atoms with van der Waals surface area (Å²) < 4.78 is 0. The van der Waals surface area contributed by atoms with Gasteiger partial charge in [-0.3, -0.25) is 9.69 Å². The number of ketones is 1. The van der Waals surface area contributed by atoms with Crippen molar-refractivity contribution in [2.45, 2.75) is 6.92 Å². The van der Waals surface area contributed by atoms with Crippen molar-refractivity contribution in [1.29, 1.82) is 0 Å². The summed E-state index contributed by atoms with van der Waals surface area (Å²) in [5.41, 5.74) is 6.91. The van der Waals surface area contributed by atoms with E-state index in [1.807, 2.05) is 18.9 Å². The minimum absolute atomic E-state index is 0.113. The second-order valence-electron chi connectivity index (χ2n) is 3.38. The Morgan fingerprint density at radius 3 is 2.79 bits per heavy atom. The molecule has 3 heteroatoms. The maximum absolute atomic E-state index is 11.7. The highest BCUT2D eigenvalue weighted by atomic mass is 16.1. The van der Waals surface area contributed by atoms with E-state index in [9.17, 15) is 4.79 Å². The molecule has 0 spiro atoms. The quantitative estimate of drug-likeness (QED) is 0.579. The molecular formula is C11H16N2O. The molecule has 0 amide bonds. The van der Waals surface area contributed by atoms with Crippen LogP contribution in [0.15, 0.2) is 24.3 Å². The molecule has 1 aromatic rings. The standard InChI is InChI=1S/C11H16N2O/c1-3-13(2)8-11(14)9-5-4-6-10(12)7-9/h4-7H,3,8,12H2,1-2H3. The summed E-state index contributed by atoms with van der Waals surface area (Å²) in [6.45, 7) is 3.33. The molecule has 0 aliphatic heterocycles. The highest BCUT2D eigenvalue weighted by Crippen LogP contribution is 2.07. The topological polar surface area (TPSA) is 46.3 Å². The molecule has 1 aromatic carbocycles. The van der Waals surface area contributed by atoms with Gasteiger partial charge in [0.1, 0.15) is 0 Å². The molecule has 0 heterocycles. The average molecular weight is 192 g/mol. The van der Waals surface area contributed by atoms with Crippen molar-refractivity contribution in [3.05, 3.63) is 29.8 Å². The molecule has 76 valence electrons. The van der Waals surface area contributed by atoms with E-state index in [2.05, 4.69) is 0 Å². The Kier molecular flexibility index (Phi) is 3.65. The van der Waals surface area contributed by atoms with Crippen molar-refractivity contribution in [2.24, 2.45) is 0 Å². The van der Waals surface area contributed by atoms with E-state index < -0.39 is 0 Å². The van der Waals surface area contributed by atoms with Gasteiger partial charge in [-0.1, -0.05) is 19.1 Å². The maximum atomic E-state index is 11.7. The molecule has 0 atom stereocenters. The Morgan fingerprint density at radius 2 is 2.21 bits per heavy atom. The molecule has 1 rings (SSSR count). The number of benzene rings is 1. The molecule has 14 heavy (non-hydrogen) atoms. The number of carbonyl (C=O) groups is 1. The van der Waals surface area contributed by atoms with Crippen LogP contribution >= 0.6 is 0 Å². The minimum Gasteiger partial charge on any atom is -0.399 e. The number of hydrogen-bond acceptors (Lipinski definition) is 3. The lowest BCUT2D eigenvalue weighted by molar-refractivity contribution is 0.0949. The van der Waals surface area contributed by atoms with Crippen LogP contribution < -0.4 is 5.73 Å². The lowest BCUT2D eigenvalue weighted by Crippen LogP contribution is -2.25. The number of anilines is 1. The van der Waals surface area contributed by atoms with Crippen molar-refractivity contribution < 1.29 is 4.79 Å². The third kappa shape index (κ3) is 2.85. The zero-order valence-electron chi connectivity index (χ0n) is 8.66. The van der Waals surface area contributed by atoms with Crippen molar-refractivity contribution in [2.75, 3.05) is 25.9 Å². The monoisotopic (exact) mass is 192 g/mol. The van der Waals surface area contributed by atoms with E-state index in [-0.39, 0.29) is 5.78 Å². The zero-order valence-corrected chi connectivity index (χ0v) is 8.66. The minimum atomic E-state index is 0.113. The number of likely N-dealkylation sites (N-methyl/N-ethyl adjacent to an activating group) is 1. The summed E-state index contributed by atoms with van der Waals surface area (Å²) in [6, 6.07) is 7.09. The molecule has 0 fully saturated rings. The van der Waals surface area contributed by atoms with Crippen LogP contribution in [0.4, 0.5) is 5.69 Å². The highest BCUT2D eigenvalue weighted by Gasteiger charge is 2.07. The largest absolute Gasteiger partial charge is 0.399 e. The van der Waals surface area contributed by atoms with E-state index in [0.29, 0.717) is 17.8 Å². The molecule has 0 radical (unpaired) electrons. The van der Waals surface area contributed by atoms with Crippen LogP contribution in [0.1, 0.15) is 17.3 Å². The molecular weight excluding hydrogens is 176 g/mol. The average Bonchev–Trinajstić information content (AvgIpc) is 2.17. The molecule has 3 nitrogen and oxygen atoms in total. The van der Waals surface area contributed by atoms with Crippen molar-refractivity contribution in [3.63, 3.8) is 0 Å². The van der Waals surface area contributed by atoms with Crippen LogP contribution in [0.5, 0.6) is 0 Å². The Bertz CT molecular complexity index is 323. The fourth-order valence-corrected chi connectivity index (χ4v) is 1.16. The summed E-state index contributed by atoms with van der Waals surface area (Å²) in [7, 11) is 1.92. The van der Waals surface area contributed by atoms with E-state index >= 15 is 0 Å². The van der Waals surface area contributed by atoms with Crippen LogP contribution in [-0.2, 0) is 0 Å². The third-order valence-electron chi connectivity index (χ3n) is 2.16. The third-order valence-corrected chi connectivity index (χ3v) is 2.16. The summed E-state index contributed by atoms with van der Waals surface area (Å²) in [4.78, 5) is 13.6. The van der Waals surface area contributed by atoms with Crippen LogP contribution in [0.2, 0.25) is 0 Å². The van der Waals surface area contributed by atoms with E-state index in [1.165, 1.54) is 0 Å². The van der Waals surface area contributed by atoms with Crippen LogP contribution in [-0.4, -0.2) is 30.8 Å². The van der Waals surface area contributed by atoms with E-state index in [1.54, 1.807) is 24.3 Å². The fraction of sp³-hybridized carbons (Fsp3) is 0.364. The lowest BCUT2D eigenvalue weighted by atomic mass is 10.1. The van der Waals surface area contributed by atoms with Gasteiger partial charge < -0.3 is 5.73 Å². The lowest BCUT2D eigenvalue weighted by Gasteiger charge is -2.12. The smallest absolute Gasteiger partial charge is 0.176 e. The first-order chi connectivity index (χ1) is 6.63. The fourth-order valence-electron chi connectivity index (χ4n) is 1.16. The SMILES string of the molecule is CCN(C)CC(=O)c1cccc(N)c1. The predicted molar refractivity (Wildman–Crippen MR) is 58.4 cm³/mol. The zero-order chi connectivity index (χ0) is 10.6. The molecule has 0 saturated heterocycles. The Labute approximate surface area is 84.5 Å². The van der Waals surface area contributed by atoms with Gasteiger partial charge in [-0.2, -0.15) is 0 Å². The van der Waals surface area contributed by atoms with Gasteiger partial charge in [0, 0.05) is 11.3 Å². The van der Waals surface area contributed by atoms with Crippen molar-refractivity contribution in [3.8, 4) is 0 Å². The second-order valence-corrected chi connectivity index (χ2v) is 3.38. The van der Waals surface area contributed by atoms with Gasteiger partial charge in [0.15, 0.2) is 5.78 Å². The first-order valence-corrected chi connectivity index (χ1v) is 4.70. The summed E-state index contributed by atoms with van der Waals surface area (Å²) in [5.74, 6) is 0.113. The number of Topliss-reactive ketones (excluding diaryl/α,β-unsaturated/α-hetero) is 1. The van der Waals surface area contributed by atoms with Crippen LogP contribution in [0, 0.1) is 0 Å². The summed E-state index contributed by atoms with van der Waals surface area (Å²) >= 11 is 0. The highest BCUT2D eigenvalue weighted by molar-refractivity contribution is 5.98. The first-order valence-electron chi connectivity index (χ1n) is 4.70. The van der Waals surface area contributed by atoms with Gasteiger partial charge in [0.05, 0.1) is 6.54 Å². The number of nitrogens with two attached hydrogens (primary N) is 1. The predicted octanol–water partition coefficient (Wildman–Crippen LogP) is 1.40. The normalized spacial score (nSPS) is 10.5. The summed E-state index contributed by atoms with van der Waals surface area (Å²) in [6.07, 6.45) is 0. The molecule has 2 N–H and O–H groups in total. The number of rotatable bonds is 4. The van der Waals surface area contributed by atoms with Gasteiger partial charge >= 0.3 is 0 Å². The Hall–Kier alpha value is -1.35. The molecule has 0 saturated carbocycles. The number of hydrogen-bond donors (Lipinski definition) is 1. The van der Waals surface area contributed by atoms with Gasteiger partial charge in [0.2, 0.25) is 0 Å². The van der Waals surface area contributed by atoms with Gasteiger partial charge in [-0.05, 0) is 25.7 Å². The molecule has 0 bridgehead atoms. The van der Waals surface area contributed by atoms with Crippen molar-refractivity contribution >= 4 is 11.5 Å². The van der Waals surface area contributed by atoms with Gasteiger partial charge in [-0.25, -0.2) is 0 Å². The van der Waals surface area contributed by atoms with Gasteiger partial charge in [-0.15, -0.1) is 0 Å². The van der Waals surface area contributed by atoms with E-state index in [0.717, 1.165) is 6.54 Å². The van der Waals surface area contributed by atoms with Crippen LogP contribution in [0.25, 0.3) is 0 Å². The van der Waals surface area contributed by atoms with Crippen LogP contribution in [0.3, 0.4) is 0 Å². The summed E-state index contributed by atoms with van der Waals surface area (Å²) in [5, 5.41) is 0. The number of nitrogen functional groups attached to an aromatic ring is 1. The molecule has 0 aliphatic rings. The molecule has 0 aromatic heterocycles. The molecule has 0 aliphatic carbocycles.